The normalized spacial score (nSPS) is 10.5. The summed E-state index contributed by atoms with van der Waals surface area (Å²) in [6.07, 6.45) is 4.19. The van der Waals surface area contributed by atoms with E-state index in [0.29, 0.717) is 11.6 Å². The minimum atomic E-state index is 0.528. The SMILES string of the molecule is CCCNc1ccc(Cl)c(Cn2cncn2)n1. The minimum absolute atomic E-state index is 0.528. The van der Waals surface area contributed by atoms with Crippen LogP contribution in [0.2, 0.25) is 5.02 Å². The Hall–Kier alpha value is -1.62. The summed E-state index contributed by atoms with van der Waals surface area (Å²) in [7, 11) is 0. The second-order valence-electron chi connectivity index (χ2n) is 3.64. The number of nitrogens with zero attached hydrogens (tertiary/aromatic N) is 4. The van der Waals surface area contributed by atoms with E-state index < -0.39 is 0 Å². The van der Waals surface area contributed by atoms with Crippen molar-refractivity contribution in [3.63, 3.8) is 0 Å². The summed E-state index contributed by atoms with van der Waals surface area (Å²) in [6, 6.07) is 3.72. The summed E-state index contributed by atoms with van der Waals surface area (Å²) < 4.78 is 1.69. The number of hydrogen-bond acceptors (Lipinski definition) is 4. The molecule has 2 aromatic heterocycles. The fourth-order valence-corrected chi connectivity index (χ4v) is 1.58. The summed E-state index contributed by atoms with van der Waals surface area (Å²) in [6.45, 7) is 3.54. The van der Waals surface area contributed by atoms with E-state index in [2.05, 4.69) is 27.3 Å². The molecule has 0 saturated heterocycles. The topological polar surface area (TPSA) is 55.6 Å². The van der Waals surface area contributed by atoms with Crippen molar-refractivity contribution in [2.24, 2.45) is 0 Å². The molecule has 0 spiro atoms. The molecule has 0 saturated carbocycles. The van der Waals surface area contributed by atoms with Gasteiger partial charge in [-0.25, -0.2) is 14.6 Å². The van der Waals surface area contributed by atoms with Crippen LogP contribution in [0.3, 0.4) is 0 Å². The van der Waals surface area contributed by atoms with E-state index in [1.165, 1.54) is 6.33 Å². The molecule has 6 heteroatoms. The summed E-state index contributed by atoms with van der Waals surface area (Å²) in [5.74, 6) is 0.839. The van der Waals surface area contributed by atoms with Crippen molar-refractivity contribution in [1.82, 2.24) is 19.7 Å². The average Bonchev–Trinajstić information content (AvgIpc) is 2.83. The van der Waals surface area contributed by atoms with E-state index >= 15 is 0 Å². The molecule has 17 heavy (non-hydrogen) atoms. The van der Waals surface area contributed by atoms with Gasteiger partial charge in [-0.05, 0) is 18.6 Å². The first-order valence-corrected chi connectivity index (χ1v) is 5.89. The Bertz CT molecular complexity index is 469. The second kappa shape index (κ2) is 5.63. The van der Waals surface area contributed by atoms with Crippen molar-refractivity contribution >= 4 is 17.4 Å². The van der Waals surface area contributed by atoms with Crippen molar-refractivity contribution in [3.8, 4) is 0 Å². The van der Waals surface area contributed by atoms with Gasteiger partial charge < -0.3 is 5.32 Å². The lowest BCUT2D eigenvalue weighted by molar-refractivity contribution is 0.671. The van der Waals surface area contributed by atoms with E-state index in [1.807, 2.05) is 12.1 Å². The van der Waals surface area contributed by atoms with Crippen molar-refractivity contribution < 1.29 is 0 Å². The standard InChI is InChI=1S/C11H14ClN5/c1-2-5-14-11-4-3-9(12)10(16-11)6-17-8-13-7-15-17/h3-4,7-8H,2,5-6H2,1H3,(H,14,16). The zero-order valence-corrected chi connectivity index (χ0v) is 10.4. The molecule has 0 unspecified atom stereocenters. The molecule has 0 radical (unpaired) electrons. The summed E-state index contributed by atoms with van der Waals surface area (Å²) >= 11 is 6.10. The van der Waals surface area contributed by atoms with Crippen LogP contribution in [0.4, 0.5) is 5.82 Å². The van der Waals surface area contributed by atoms with Gasteiger partial charge in [0.15, 0.2) is 0 Å². The van der Waals surface area contributed by atoms with Gasteiger partial charge in [0, 0.05) is 6.54 Å². The molecular weight excluding hydrogens is 238 g/mol. The molecule has 2 rings (SSSR count). The molecule has 0 atom stereocenters. The molecule has 0 aliphatic rings. The van der Waals surface area contributed by atoms with E-state index in [4.69, 9.17) is 11.6 Å². The average molecular weight is 252 g/mol. The lowest BCUT2D eigenvalue weighted by Crippen LogP contribution is -2.07. The van der Waals surface area contributed by atoms with Gasteiger partial charge in [-0.2, -0.15) is 5.10 Å². The third kappa shape index (κ3) is 3.17. The minimum Gasteiger partial charge on any atom is -0.370 e. The number of hydrogen-bond donors (Lipinski definition) is 1. The van der Waals surface area contributed by atoms with Crippen LogP contribution in [0.5, 0.6) is 0 Å². The molecule has 1 N–H and O–H groups in total. The summed E-state index contributed by atoms with van der Waals surface area (Å²) in [5, 5.41) is 7.90. The number of halogens is 1. The van der Waals surface area contributed by atoms with Gasteiger partial charge in [0.25, 0.3) is 0 Å². The Morgan fingerprint density at radius 3 is 3.00 bits per heavy atom. The predicted octanol–water partition coefficient (Wildman–Crippen LogP) is 2.20. The molecule has 0 aliphatic carbocycles. The molecule has 0 bridgehead atoms. The number of pyridine rings is 1. The maximum atomic E-state index is 6.10. The van der Waals surface area contributed by atoms with Crippen LogP contribution in [0.15, 0.2) is 24.8 Å². The highest BCUT2D eigenvalue weighted by atomic mass is 35.5. The molecule has 0 fully saturated rings. The highest BCUT2D eigenvalue weighted by Gasteiger charge is 2.05. The maximum Gasteiger partial charge on any atom is 0.137 e. The maximum absolute atomic E-state index is 6.10. The van der Waals surface area contributed by atoms with Gasteiger partial charge in [0.1, 0.15) is 18.5 Å². The Balaban J connectivity index is 2.14. The summed E-state index contributed by atoms with van der Waals surface area (Å²) in [4.78, 5) is 8.34. The zero-order valence-electron chi connectivity index (χ0n) is 9.60. The monoisotopic (exact) mass is 251 g/mol. The van der Waals surface area contributed by atoms with Gasteiger partial charge in [0.2, 0.25) is 0 Å². The fraction of sp³-hybridized carbons (Fsp3) is 0.364. The van der Waals surface area contributed by atoms with Crippen LogP contribution in [-0.4, -0.2) is 26.3 Å². The van der Waals surface area contributed by atoms with Gasteiger partial charge >= 0.3 is 0 Å². The Morgan fingerprint density at radius 2 is 2.29 bits per heavy atom. The number of nitrogens with one attached hydrogen (secondary N) is 1. The molecule has 0 aliphatic heterocycles. The quantitative estimate of drug-likeness (QED) is 0.885. The van der Waals surface area contributed by atoms with Crippen molar-refractivity contribution in [2.75, 3.05) is 11.9 Å². The predicted molar refractivity (Wildman–Crippen MR) is 67.2 cm³/mol. The van der Waals surface area contributed by atoms with Crippen molar-refractivity contribution in [1.29, 1.82) is 0 Å². The Morgan fingerprint density at radius 1 is 1.41 bits per heavy atom. The molecule has 90 valence electrons. The third-order valence-electron chi connectivity index (χ3n) is 2.25. The van der Waals surface area contributed by atoms with Gasteiger partial charge in [-0.3, -0.25) is 0 Å². The van der Waals surface area contributed by atoms with E-state index in [9.17, 15) is 0 Å². The van der Waals surface area contributed by atoms with E-state index in [-0.39, 0.29) is 0 Å². The van der Waals surface area contributed by atoms with Crippen LogP contribution in [0.1, 0.15) is 19.0 Å². The number of anilines is 1. The van der Waals surface area contributed by atoms with Crippen LogP contribution < -0.4 is 5.32 Å². The number of rotatable bonds is 5. The number of aromatic nitrogens is 4. The summed E-state index contributed by atoms with van der Waals surface area (Å²) in [5.41, 5.74) is 0.790. The molecule has 5 nitrogen and oxygen atoms in total. The highest BCUT2D eigenvalue weighted by molar-refractivity contribution is 6.31. The van der Waals surface area contributed by atoms with Crippen molar-refractivity contribution in [3.05, 3.63) is 35.5 Å². The lowest BCUT2D eigenvalue weighted by atomic mass is 10.3. The highest BCUT2D eigenvalue weighted by Crippen LogP contribution is 2.17. The molecule has 0 amide bonds. The largest absolute Gasteiger partial charge is 0.370 e. The van der Waals surface area contributed by atoms with Gasteiger partial charge in [-0.15, -0.1) is 0 Å². The molecule has 0 aromatic carbocycles. The van der Waals surface area contributed by atoms with Crippen molar-refractivity contribution in [2.45, 2.75) is 19.9 Å². The fourth-order valence-electron chi connectivity index (χ4n) is 1.41. The van der Waals surface area contributed by atoms with Crippen LogP contribution in [0.25, 0.3) is 0 Å². The smallest absolute Gasteiger partial charge is 0.137 e. The van der Waals surface area contributed by atoms with E-state index in [1.54, 1.807) is 11.0 Å². The molecular formula is C11H14ClN5. The van der Waals surface area contributed by atoms with Crippen LogP contribution >= 0.6 is 11.6 Å². The van der Waals surface area contributed by atoms with Gasteiger partial charge in [0.05, 0.1) is 17.3 Å². The first-order valence-electron chi connectivity index (χ1n) is 5.51. The lowest BCUT2D eigenvalue weighted by Gasteiger charge is -2.08. The Kier molecular flexibility index (Phi) is 3.93. The second-order valence-corrected chi connectivity index (χ2v) is 4.05. The van der Waals surface area contributed by atoms with Crippen LogP contribution in [0, 0.1) is 0 Å². The first kappa shape index (κ1) is 11.9. The zero-order chi connectivity index (χ0) is 12.1. The third-order valence-corrected chi connectivity index (χ3v) is 2.60. The molecule has 2 aromatic rings. The first-order chi connectivity index (χ1) is 8.29. The van der Waals surface area contributed by atoms with Gasteiger partial charge in [-0.1, -0.05) is 18.5 Å². The Labute approximate surface area is 105 Å². The van der Waals surface area contributed by atoms with E-state index in [0.717, 1.165) is 24.5 Å². The molecule has 2 heterocycles. The van der Waals surface area contributed by atoms with Crippen LogP contribution in [-0.2, 0) is 6.54 Å².